The maximum Gasteiger partial charge on any atom is 0.263 e. The number of ether oxygens (including phenoxy) is 1. The van der Waals surface area contributed by atoms with E-state index in [-0.39, 0.29) is 67.8 Å². The zero-order chi connectivity index (χ0) is 24.0. The summed E-state index contributed by atoms with van der Waals surface area (Å²) in [5.74, 6) is -2.26. The summed E-state index contributed by atoms with van der Waals surface area (Å²) in [6, 6.07) is 0. The lowest BCUT2D eigenvalue weighted by molar-refractivity contribution is 0.0391. The summed E-state index contributed by atoms with van der Waals surface area (Å²) in [5, 5.41) is 5.91. The molecule has 0 radical (unpaired) electrons. The zero-order valence-corrected chi connectivity index (χ0v) is 18.5. The van der Waals surface area contributed by atoms with Crippen molar-refractivity contribution < 1.29 is 26.7 Å². The van der Waals surface area contributed by atoms with Gasteiger partial charge in [0.25, 0.3) is 5.91 Å². The summed E-state index contributed by atoms with van der Waals surface area (Å²) in [4.78, 5) is 22.3. The smallest absolute Gasteiger partial charge is 0.263 e. The van der Waals surface area contributed by atoms with Crippen molar-refractivity contribution in [3.05, 3.63) is 42.0 Å². The quantitative estimate of drug-likeness (QED) is 0.503. The average Bonchev–Trinajstić information content (AvgIpc) is 3.07. The fourth-order valence-corrected chi connectivity index (χ4v) is 5.57. The van der Waals surface area contributed by atoms with Crippen molar-refractivity contribution >= 4 is 38.8 Å². The van der Waals surface area contributed by atoms with Gasteiger partial charge in [0, 0.05) is 26.2 Å². The number of rotatable bonds is 5. The van der Waals surface area contributed by atoms with Gasteiger partial charge in [-0.05, 0) is 0 Å². The molecular weight excluding hydrogens is 474 g/mol. The number of nitrogens with one attached hydrogen (secondary N) is 1. The number of piperazine rings is 1. The molecule has 3 aromatic rings. The third-order valence-corrected chi connectivity index (χ3v) is 7.96. The number of nitrogens with zero attached hydrogens (tertiary/aromatic N) is 6. The molecule has 180 valence electrons. The third-order valence-electron chi connectivity index (χ3n) is 5.76. The second kappa shape index (κ2) is 8.41. The molecule has 0 unspecified atom stereocenters. The molecule has 2 fully saturated rings. The first-order chi connectivity index (χ1) is 16.3. The van der Waals surface area contributed by atoms with Gasteiger partial charge in [0.1, 0.15) is 16.5 Å². The number of nitrogen functional groups attached to an aromatic ring is 1. The van der Waals surface area contributed by atoms with E-state index in [1.54, 1.807) is 4.90 Å². The van der Waals surface area contributed by atoms with Gasteiger partial charge < -0.3 is 20.7 Å². The highest BCUT2D eigenvalue weighted by molar-refractivity contribution is 7.89. The highest BCUT2D eigenvalue weighted by Crippen LogP contribution is 2.31. The lowest BCUT2D eigenvalue weighted by Crippen LogP contribution is -2.55. The van der Waals surface area contributed by atoms with Gasteiger partial charge in [-0.15, -0.1) is 5.10 Å². The van der Waals surface area contributed by atoms with Gasteiger partial charge in [-0.3, -0.25) is 9.78 Å². The Bertz CT molecular complexity index is 1370. The molecule has 0 atom stereocenters. The second-order valence-corrected chi connectivity index (χ2v) is 10.1. The summed E-state index contributed by atoms with van der Waals surface area (Å²) in [6.45, 7) is 1.07. The Morgan fingerprint density at radius 1 is 1.15 bits per heavy atom. The number of sulfonamides is 1. The summed E-state index contributed by atoms with van der Waals surface area (Å²) in [7, 11) is -3.48. The van der Waals surface area contributed by atoms with Crippen molar-refractivity contribution in [2.24, 2.45) is 0 Å². The minimum Gasteiger partial charge on any atom is -0.381 e. The number of carbonyl (C=O) groups is 1. The van der Waals surface area contributed by atoms with Crippen LogP contribution in [0.5, 0.6) is 0 Å². The first kappa shape index (κ1) is 22.4. The molecule has 0 bridgehead atoms. The fourth-order valence-electron chi connectivity index (χ4n) is 3.94. The van der Waals surface area contributed by atoms with Gasteiger partial charge in [-0.2, -0.15) is 4.31 Å². The van der Waals surface area contributed by atoms with Gasteiger partial charge >= 0.3 is 0 Å². The van der Waals surface area contributed by atoms with E-state index in [1.807, 2.05) is 0 Å². The van der Waals surface area contributed by atoms with Gasteiger partial charge in [-0.25, -0.2) is 26.7 Å². The molecule has 3 aromatic heterocycles. The average molecular weight is 494 g/mol. The molecule has 2 aliphatic rings. The number of hydrogen-bond donors (Lipinski definition) is 2. The predicted molar refractivity (Wildman–Crippen MR) is 117 cm³/mol. The van der Waals surface area contributed by atoms with Crippen molar-refractivity contribution in [3.63, 3.8) is 0 Å². The van der Waals surface area contributed by atoms with Gasteiger partial charge in [0.05, 0.1) is 43.7 Å². The van der Waals surface area contributed by atoms with Gasteiger partial charge in [-0.1, -0.05) is 0 Å². The topological polar surface area (TPSA) is 148 Å². The van der Waals surface area contributed by atoms with E-state index in [0.29, 0.717) is 0 Å². The molecule has 3 N–H and O–H groups in total. The molecule has 5 heterocycles. The van der Waals surface area contributed by atoms with Crippen molar-refractivity contribution in [3.8, 4) is 0 Å². The Balaban J connectivity index is 1.38. The van der Waals surface area contributed by atoms with Crippen LogP contribution in [0.1, 0.15) is 10.4 Å². The Kier molecular flexibility index (Phi) is 5.53. The number of amides is 1. The normalized spacial score (nSPS) is 17.6. The molecule has 12 nitrogen and oxygen atoms in total. The van der Waals surface area contributed by atoms with E-state index in [1.165, 1.54) is 10.5 Å². The van der Waals surface area contributed by atoms with E-state index >= 15 is 0 Å². The molecule has 15 heteroatoms. The van der Waals surface area contributed by atoms with Crippen LogP contribution >= 0.6 is 0 Å². The van der Waals surface area contributed by atoms with E-state index in [9.17, 15) is 22.0 Å². The standard InChI is InChI=1S/C19H20F2N8O4S/c20-11-5-24-18-15(17(22)26-29(18)8-11)19(30)25-14-7-23-6-13(21)16(14)27-1-3-28(4-2-27)34(31,32)12-9-33-10-12/h5-8,12H,1-4,9-10H2,(H2,22,26)(H,25,30). The minimum absolute atomic E-state index is 0.0288. The van der Waals surface area contributed by atoms with Crippen LogP contribution in [-0.4, -0.2) is 82.9 Å². The van der Waals surface area contributed by atoms with Crippen LogP contribution in [0.2, 0.25) is 0 Å². The van der Waals surface area contributed by atoms with Gasteiger partial charge in [0.2, 0.25) is 10.0 Å². The molecule has 0 saturated carbocycles. The van der Waals surface area contributed by atoms with Crippen molar-refractivity contribution in [1.29, 1.82) is 0 Å². The number of fused-ring (bicyclic) bond motifs is 1. The van der Waals surface area contributed by atoms with E-state index in [4.69, 9.17) is 10.5 Å². The molecule has 1 amide bonds. The number of pyridine rings is 1. The van der Waals surface area contributed by atoms with Crippen LogP contribution in [0, 0.1) is 11.6 Å². The summed E-state index contributed by atoms with van der Waals surface area (Å²) in [5.41, 5.74) is 5.90. The van der Waals surface area contributed by atoms with Crippen LogP contribution in [0.4, 0.5) is 26.0 Å². The summed E-state index contributed by atoms with van der Waals surface area (Å²) in [6.07, 6.45) is 4.23. The first-order valence-electron chi connectivity index (χ1n) is 10.3. The molecule has 0 spiro atoms. The number of nitrogens with two attached hydrogens (primary N) is 1. The number of halogens is 2. The minimum atomic E-state index is -3.48. The molecule has 2 aliphatic heterocycles. The maximum atomic E-state index is 14.8. The molecule has 34 heavy (non-hydrogen) atoms. The number of hydrogen-bond acceptors (Lipinski definition) is 9. The lowest BCUT2D eigenvalue weighted by atomic mass is 10.2. The Labute approximate surface area is 192 Å². The Morgan fingerprint density at radius 2 is 1.88 bits per heavy atom. The molecule has 2 saturated heterocycles. The third kappa shape index (κ3) is 3.80. The molecule has 0 aromatic carbocycles. The van der Waals surface area contributed by atoms with Crippen LogP contribution in [0.15, 0.2) is 24.8 Å². The van der Waals surface area contributed by atoms with Crippen molar-refractivity contribution in [2.45, 2.75) is 5.25 Å². The van der Waals surface area contributed by atoms with Crippen LogP contribution in [0.3, 0.4) is 0 Å². The monoisotopic (exact) mass is 494 g/mol. The van der Waals surface area contributed by atoms with Crippen LogP contribution < -0.4 is 16.0 Å². The molecular formula is C19H20F2N8O4S. The predicted octanol–water partition coefficient (Wildman–Crippen LogP) is 0.0876. The van der Waals surface area contributed by atoms with Crippen LogP contribution in [0.25, 0.3) is 5.65 Å². The highest BCUT2D eigenvalue weighted by Gasteiger charge is 2.39. The van der Waals surface area contributed by atoms with E-state index < -0.39 is 32.8 Å². The van der Waals surface area contributed by atoms with Crippen LogP contribution in [-0.2, 0) is 14.8 Å². The first-order valence-corrected chi connectivity index (χ1v) is 11.8. The number of aromatic nitrogens is 4. The summed E-state index contributed by atoms with van der Waals surface area (Å²) >= 11 is 0. The van der Waals surface area contributed by atoms with Crippen molar-refractivity contribution in [2.75, 3.05) is 55.3 Å². The molecule has 5 rings (SSSR count). The molecule has 0 aliphatic carbocycles. The SMILES string of the molecule is Nc1nn2cc(F)cnc2c1C(=O)Nc1cncc(F)c1N1CCN(S(=O)(=O)C2COC2)CC1. The number of anilines is 3. The Hall–Kier alpha value is -3.43. The lowest BCUT2D eigenvalue weighted by Gasteiger charge is -2.39. The maximum absolute atomic E-state index is 14.8. The highest BCUT2D eigenvalue weighted by atomic mass is 32.2. The van der Waals surface area contributed by atoms with E-state index in [0.717, 1.165) is 23.1 Å². The largest absolute Gasteiger partial charge is 0.381 e. The van der Waals surface area contributed by atoms with Gasteiger partial charge in [0.15, 0.2) is 23.1 Å². The Morgan fingerprint density at radius 3 is 2.56 bits per heavy atom. The zero-order valence-electron chi connectivity index (χ0n) is 17.7. The van der Waals surface area contributed by atoms with Crippen molar-refractivity contribution in [1.82, 2.24) is 23.9 Å². The summed E-state index contributed by atoms with van der Waals surface area (Å²) < 4.78 is 60.9. The van der Waals surface area contributed by atoms with E-state index in [2.05, 4.69) is 20.4 Å². The fraction of sp³-hybridized carbons (Fsp3) is 0.368. The number of carbonyl (C=O) groups excluding carboxylic acids is 1. The second-order valence-electron chi connectivity index (χ2n) is 7.86.